The van der Waals surface area contributed by atoms with E-state index in [-0.39, 0.29) is 18.5 Å². The van der Waals surface area contributed by atoms with E-state index in [0.717, 1.165) is 18.4 Å². The molecule has 1 atom stereocenters. The zero-order valence-electron chi connectivity index (χ0n) is 14.8. The summed E-state index contributed by atoms with van der Waals surface area (Å²) in [4.78, 5) is 37.5. The normalized spacial score (nSPS) is 11.7. The summed E-state index contributed by atoms with van der Waals surface area (Å²) in [5.74, 6) is -0.286. The van der Waals surface area contributed by atoms with Gasteiger partial charge in [-0.25, -0.2) is 4.79 Å². The Morgan fingerprint density at radius 1 is 0.963 bits per heavy atom. The number of carbonyl (C=O) groups is 1. The van der Waals surface area contributed by atoms with E-state index in [1.165, 1.54) is 22.4 Å². The van der Waals surface area contributed by atoms with Crippen LogP contribution >= 0.6 is 0 Å². The Hall–Kier alpha value is -3.41. The standard InChI is InChI=1S/C21H21N3O3/c25-19-13-14-24(21(27)23-19)15-20(26)22-18(17-9-5-2-6-10-17)12-11-16-7-3-1-4-8-16/h1-10,13-14,18H,11-12,15H2,(H,22,26)(H,23,25,27). The van der Waals surface area contributed by atoms with Gasteiger partial charge in [-0.1, -0.05) is 60.7 Å². The highest BCUT2D eigenvalue weighted by Gasteiger charge is 2.15. The molecule has 0 saturated heterocycles. The molecule has 1 heterocycles. The second kappa shape index (κ2) is 8.80. The third-order valence-corrected chi connectivity index (χ3v) is 4.31. The van der Waals surface area contributed by atoms with Gasteiger partial charge in [-0.05, 0) is 24.0 Å². The van der Waals surface area contributed by atoms with Gasteiger partial charge in [0.05, 0.1) is 6.04 Å². The van der Waals surface area contributed by atoms with Gasteiger partial charge in [0.1, 0.15) is 6.54 Å². The van der Waals surface area contributed by atoms with Crippen LogP contribution in [-0.2, 0) is 17.8 Å². The van der Waals surface area contributed by atoms with Crippen molar-refractivity contribution in [1.29, 1.82) is 0 Å². The number of benzene rings is 2. The minimum atomic E-state index is -0.599. The molecule has 1 aromatic heterocycles. The molecule has 0 fully saturated rings. The summed E-state index contributed by atoms with van der Waals surface area (Å²) in [6, 6.07) is 20.9. The molecule has 1 unspecified atom stereocenters. The van der Waals surface area contributed by atoms with Crippen LogP contribution in [0.1, 0.15) is 23.6 Å². The maximum atomic E-state index is 12.5. The summed E-state index contributed by atoms with van der Waals surface area (Å²) < 4.78 is 1.18. The molecule has 3 rings (SSSR count). The molecule has 6 nitrogen and oxygen atoms in total. The van der Waals surface area contributed by atoms with Crippen molar-refractivity contribution in [3.8, 4) is 0 Å². The summed E-state index contributed by atoms with van der Waals surface area (Å²) in [5, 5.41) is 3.00. The van der Waals surface area contributed by atoms with Crippen LogP contribution in [0.3, 0.4) is 0 Å². The van der Waals surface area contributed by atoms with E-state index in [1.54, 1.807) is 0 Å². The van der Waals surface area contributed by atoms with Gasteiger partial charge in [0.25, 0.3) is 5.56 Å². The number of H-pyrrole nitrogens is 1. The monoisotopic (exact) mass is 363 g/mol. The average Bonchev–Trinajstić information content (AvgIpc) is 2.69. The molecule has 0 bridgehead atoms. The minimum Gasteiger partial charge on any atom is -0.348 e. The van der Waals surface area contributed by atoms with Crippen LogP contribution in [0.15, 0.2) is 82.5 Å². The lowest BCUT2D eigenvalue weighted by Crippen LogP contribution is -2.37. The second-order valence-corrected chi connectivity index (χ2v) is 6.29. The van der Waals surface area contributed by atoms with Crippen molar-refractivity contribution in [2.45, 2.75) is 25.4 Å². The van der Waals surface area contributed by atoms with Crippen LogP contribution in [0, 0.1) is 0 Å². The molecule has 138 valence electrons. The lowest BCUT2D eigenvalue weighted by Gasteiger charge is -2.20. The molecular weight excluding hydrogens is 342 g/mol. The topological polar surface area (TPSA) is 84.0 Å². The van der Waals surface area contributed by atoms with Crippen molar-refractivity contribution in [2.24, 2.45) is 0 Å². The predicted molar refractivity (Wildman–Crippen MR) is 103 cm³/mol. The Kier molecular flexibility index (Phi) is 5.99. The summed E-state index contributed by atoms with van der Waals surface area (Å²) in [6.07, 6.45) is 2.88. The molecule has 0 aliphatic carbocycles. The summed E-state index contributed by atoms with van der Waals surface area (Å²) in [5.41, 5.74) is 1.13. The van der Waals surface area contributed by atoms with Crippen LogP contribution < -0.4 is 16.6 Å². The maximum absolute atomic E-state index is 12.5. The van der Waals surface area contributed by atoms with Crippen LogP contribution in [0.2, 0.25) is 0 Å². The van der Waals surface area contributed by atoms with Crippen LogP contribution in [0.4, 0.5) is 0 Å². The van der Waals surface area contributed by atoms with Gasteiger partial charge in [0, 0.05) is 12.3 Å². The van der Waals surface area contributed by atoms with E-state index in [0.29, 0.717) is 0 Å². The summed E-state index contributed by atoms with van der Waals surface area (Å²) >= 11 is 0. The Morgan fingerprint density at radius 3 is 2.30 bits per heavy atom. The molecule has 27 heavy (non-hydrogen) atoms. The Bertz CT molecular complexity index is 994. The first-order valence-electron chi connectivity index (χ1n) is 8.80. The quantitative estimate of drug-likeness (QED) is 0.674. The highest BCUT2D eigenvalue weighted by molar-refractivity contribution is 5.76. The fraction of sp³-hybridized carbons (Fsp3) is 0.190. The summed E-state index contributed by atoms with van der Waals surface area (Å²) in [7, 11) is 0. The van der Waals surface area contributed by atoms with E-state index in [2.05, 4.69) is 22.4 Å². The van der Waals surface area contributed by atoms with Crippen LogP contribution in [0.5, 0.6) is 0 Å². The maximum Gasteiger partial charge on any atom is 0.328 e. The number of aryl methyl sites for hydroxylation is 1. The smallest absolute Gasteiger partial charge is 0.328 e. The number of aromatic amines is 1. The first-order chi connectivity index (χ1) is 13.1. The first-order valence-corrected chi connectivity index (χ1v) is 8.80. The van der Waals surface area contributed by atoms with E-state index in [4.69, 9.17) is 0 Å². The van der Waals surface area contributed by atoms with Gasteiger partial charge in [0.2, 0.25) is 5.91 Å². The van der Waals surface area contributed by atoms with Crippen molar-refractivity contribution < 1.29 is 4.79 Å². The van der Waals surface area contributed by atoms with Gasteiger partial charge in [-0.15, -0.1) is 0 Å². The number of carbonyl (C=O) groups excluding carboxylic acids is 1. The minimum absolute atomic E-state index is 0.149. The van der Waals surface area contributed by atoms with E-state index < -0.39 is 11.2 Å². The highest BCUT2D eigenvalue weighted by atomic mass is 16.2. The van der Waals surface area contributed by atoms with Gasteiger partial charge >= 0.3 is 5.69 Å². The first kappa shape index (κ1) is 18.4. The molecule has 0 saturated carbocycles. The van der Waals surface area contributed by atoms with Crippen LogP contribution in [0.25, 0.3) is 0 Å². The fourth-order valence-corrected chi connectivity index (χ4v) is 2.93. The Morgan fingerprint density at radius 2 is 1.63 bits per heavy atom. The molecule has 2 aromatic carbocycles. The molecule has 3 aromatic rings. The molecular formula is C21H21N3O3. The number of rotatable bonds is 7. The van der Waals surface area contributed by atoms with Gasteiger partial charge in [-0.2, -0.15) is 0 Å². The third kappa shape index (κ3) is 5.28. The van der Waals surface area contributed by atoms with Crippen LogP contribution in [-0.4, -0.2) is 15.5 Å². The van der Waals surface area contributed by atoms with Gasteiger partial charge < -0.3 is 5.32 Å². The fourth-order valence-electron chi connectivity index (χ4n) is 2.93. The zero-order valence-corrected chi connectivity index (χ0v) is 14.8. The lowest BCUT2D eigenvalue weighted by molar-refractivity contribution is -0.122. The number of hydrogen-bond acceptors (Lipinski definition) is 3. The lowest BCUT2D eigenvalue weighted by atomic mass is 9.99. The largest absolute Gasteiger partial charge is 0.348 e. The Labute approximate surface area is 156 Å². The SMILES string of the molecule is O=C(Cn1ccc(=O)[nH]c1=O)NC(CCc1ccccc1)c1ccccc1. The van der Waals surface area contributed by atoms with E-state index in [1.807, 2.05) is 48.5 Å². The molecule has 0 radical (unpaired) electrons. The molecule has 6 heteroatoms. The second-order valence-electron chi connectivity index (χ2n) is 6.29. The average molecular weight is 363 g/mol. The molecule has 0 aliphatic heterocycles. The number of nitrogens with zero attached hydrogens (tertiary/aromatic N) is 1. The molecule has 0 spiro atoms. The number of aromatic nitrogens is 2. The van der Waals surface area contributed by atoms with Gasteiger partial charge in [-0.3, -0.25) is 19.1 Å². The molecule has 2 N–H and O–H groups in total. The number of amides is 1. The zero-order chi connectivity index (χ0) is 19.1. The van der Waals surface area contributed by atoms with Crippen molar-refractivity contribution in [3.63, 3.8) is 0 Å². The van der Waals surface area contributed by atoms with Crippen molar-refractivity contribution in [1.82, 2.24) is 14.9 Å². The Balaban J connectivity index is 1.71. The van der Waals surface area contributed by atoms with Gasteiger partial charge in [0.15, 0.2) is 0 Å². The molecule has 1 amide bonds. The number of hydrogen-bond donors (Lipinski definition) is 2. The highest BCUT2D eigenvalue weighted by Crippen LogP contribution is 2.19. The van der Waals surface area contributed by atoms with E-state index in [9.17, 15) is 14.4 Å². The van der Waals surface area contributed by atoms with Crippen molar-refractivity contribution in [3.05, 3.63) is 105 Å². The predicted octanol–water partition coefficient (Wildman–Crippen LogP) is 2.03. The third-order valence-electron chi connectivity index (χ3n) is 4.31. The molecule has 0 aliphatic rings. The van der Waals surface area contributed by atoms with Crippen molar-refractivity contribution in [2.75, 3.05) is 0 Å². The van der Waals surface area contributed by atoms with Crippen molar-refractivity contribution >= 4 is 5.91 Å². The van der Waals surface area contributed by atoms with E-state index >= 15 is 0 Å². The summed E-state index contributed by atoms with van der Waals surface area (Å²) in [6.45, 7) is -0.149. The number of nitrogens with one attached hydrogen (secondary N) is 2.